The Kier molecular flexibility index (Phi) is 3.59. The second-order valence-electron chi connectivity index (χ2n) is 6.59. The minimum Gasteiger partial charge on any atom is -0.207 e. The van der Waals surface area contributed by atoms with E-state index < -0.39 is 0 Å². The van der Waals surface area contributed by atoms with Gasteiger partial charge in [0.15, 0.2) is 0 Å². The Bertz CT molecular complexity index is 459. The second kappa shape index (κ2) is 5.09. The average Bonchev–Trinajstić information content (AvgIpc) is 2.89. The van der Waals surface area contributed by atoms with Gasteiger partial charge in [0, 0.05) is 0 Å². The lowest BCUT2D eigenvalue weighted by atomic mass is 9.83. The SMILES string of the molecule is Cc1cc(F)cc(C)c1C(Cl)CC1CC2CCC1C2. The van der Waals surface area contributed by atoms with Crippen LogP contribution in [0.2, 0.25) is 0 Å². The number of hydrogen-bond donors (Lipinski definition) is 0. The zero-order valence-electron chi connectivity index (χ0n) is 11.8. The van der Waals surface area contributed by atoms with Crippen molar-refractivity contribution in [3.05, 3.63) is 34.6 Å². The molecule has 0 heterocycles. The quantitative estimate of drug-likeness (QED) is 0.637. The van der Waals surface area contributed by atoms with Crippen LogP contribution in [0.4, 0.5) is 4.39 Å². The number of fused-ring (bicyclic) bond motifs is 2. The van der Waals surface area contributed by atoms with Crippen LogP contribution in [-0.4, -0.2) is 0 Å². The van der Waals surface area contributed by atoms with E-state index in [9.17, 15) is 4.39 Å². The lowest BCUT2D eigenvalue weighted by molar-refractivity contribution is 0.311. The zero-order valence-corrected chi connectivity index (χ0v) is 12.5. The Morgan fingerprint density at radius 1 is 1.21 bits per heavy atom. The summed E-state index contributed by atoms with van der Waals surface area (Å²) in [6, 6.07) is 3.22. The smallest absolute Gasteiger partial charge is 0.123 e. The van der Waals surface area contributed by atoms with Gasteiger partial charge in [-0.15, -0.1) is 11.6 Å². The largest absolute Gasteiger partial charge is 0.207 e. The molecule has 1 aromatic carbocycles. The van der Waals surface area contributed by atoms with Gasteiger partial charge >= 0.3 is 0 Å². The second-order valence-corrected chi connectivity index (χ2v) is 7.12. The van der Waals surface area contributed by atoms with Crippen LogP contribution in [0.5, 0.6) is 0 Å². The van der Waals surface area contributed by atoms with Crippen LogP contribution in [0.3, 0.4) is 0 Å². The summed E-state index contributed by atoms with van der Waals surface area (Å²) in [5.74, 6) is 2.52. The minimum atomic E-state index is -0.150. The molecule has 0 amide bonds. The summed E-state index contributed by atoms with van der Waals surface area (Å²) < 4.78 is 13.4. The first kappa shape index (κ1) is 13.4. The van der Waals surface area contributed by atoms with Gasteiger partial charge in [-0.05, 0) is 86.1 Å². The fraction of sp³-hybridized carbons (Fsp3) is 0.647. The Labute approximate surface area is 120 Å². The molecular weight excluding hydrogens is 259 g/mol. The highest BCUT2D eigenvalue weighted by molar-refractivity contribution is 6.21. The number of aryl methyl sites for hydroxylation is 2. The normalized spacial score (nSPS) is 30.8. The maximum absolute atomic E-state index is 13.4. The van der Waals surface area contributed by atoms with Crippen molar-refractivity contribution in [2.24, 2.45) is 17.8 Å². The van der Waals surface area contributed by atoms with Gasteiger partial charge in [-0.2, -0.15) is 0 Å². The molecule has 4 unspecified atom stereocenters. The number of hydrogen-bond acceptors (Lipinski definition) is 0. The molecule has 0 N–H and O–H groups in total. The van der Waals surface area contributed by atoms with E-state index in [2.05, 4.69) is 0 Å². The lowest BCUT2D eigenvalue weighted by Gasteiger charge is -2.25. The van der Waals surface area contributed by atoms with Crippen LogP contribution in [0.25, 0.3) is 0 Å². The predicted molar refractivity (Wildman–Crippen MR) is 78.0 cm³/mol. The predicted octanol–water partition coefficient (Wildman–Crippen LogP) is 5.55. The van der Waals surface area contributed by atoms with E-state index in [4.69, 9.17) is 11.6 Å². The molecule has 3 rings (SSSR count). The van der Waals surface area contributed by atoms with Crippen molar-refractivity contribution < 1.29 is 4.39 Å². The fourth-order valence-corrected chi connectivity index (χ4v) is 5.04. The molecule has 2 aliphatic carbocycles. The van der Waals surface area contributed by atoms with Gasteiger partial charge < -0.3 is 0 Å². The maximum atomic E-state index is 13.4. The van der Waals surface area contributed by atoms with E-state index in [0.29, 0.717) is 0 Å². The molecule has 19 heavy (non-hydrogen) atoms. The van der Waals surface area contributed by atoms with E-state index in [0.717, 1.165) is 40.9 Å². The van der Waals surface area contributed by atoms with Crippen LogP contribution >= 0.6 is 11.6 Å². The summed E-state index contributed by atoms with van der Waals surface area (Å²) in [5.41, 5.74) is 3.16. The Morgan fingerprint density at radius 3 is 2.42 bits per heavy atom. The molecule has 2 saturated carbocycles. The van der Waals surface area contributed by atoms with E-state index in [1.54, 1.807) is 12.1 Å². The van der Waals surface area contributed by atoms with Gasteiger partial charge in [0.25, 0.3) is 0 Å². The third-order valence-corrected chi connectivity index (χ3v) is 5.66. The zero-order chi connectivity index (χ0) is 13.6. The van der Waals surface area contributed by atoms with E-state index in [1.807, 2.05) is 13.8 Å². The first-order chi connectivity index (χ1) is 9.04. The molecule has 104 valence electrons. The van der Waals surface area contributed by atoms with Crippen molar-refractivity contribution in [1.82, 2.24) is 0 Å². The van der Waals surface area contributed by atoms with Gasteiger partial charge in [-0.25, -0.2) is 4.39 Å². The number of benzene rings is 1. The molecule has 0 spiro atoms. The number of alkyl halides is 1. The standard InChI is InChI=1S/C17H22ClF/c1-10-5-15(19)6-11(2)17(10)16(18)9-14-8-12-3-4-13(14)7-12/h5-6,12-14,16H,3-4,7-9H2,1-2H3. The molecule has 4 atom stereocenters. The third-order valence-electron chi connectivity index (χ3n) is 5.27. The highest BCUT2D eigenvalue weighted by Gasteiger charge is 2.40. The van der Waals surface area contributed by atoms with Crippen molar-refractivity contribution in [3.63, 3.8) is 0 Å². The van der Waals surface area contributed by atoms with Crippen LogP contribution in [0, 0.1) is 37.4 Å². The Morgan fingerprint density at radius 2 is 1.89 bits per heavy atom. The minimum absolute atomic E-state index is 0.0462. The van der Waals surface area contributed by atoms with Crippen molar-refractivity contribution in [1.29, 1.82) is 0 Å². The van der Waals surface area contributed by atoms with Crippen LogP contribution in [0.1, 0.15) is 54.2 Å². The molecule has 0 aromatic heterocycles. The summed E-state index contributed by atoms with van der Waals surface area (Å²) >= 11 is 6.66. The molecule has 0 radical (unpaired) electrons. The molecular formula is C17H22ClF. The maximum Gasteiger partial charge on any atom is 0.123 e. The monoisotopic (exact) mass is 280 g/mol. The van der Waals surface area contributed by atoms with Crippen molar-refractivity contribution >= 4 is 11.6 Å². The van der Waals surface area contributed by atoms with Gasteiger partial charge in [-0.1, -0.05) is 6.42 Å². The molecule has 2 bridgehead atoms. The van der Waals surface area contributed by atoms with Gasteiger partial charge in [-0.3, -0.25) is 0 Å². The molecule has 1 aromatic rings. The van der Waals surface area contributed by atoms with E-state index in [-0.39, 0.29) is 11.2 Å². The van der Waals surface area contributed by atoms with Crippen LogP contribution < -0.4 is 0 Å². The van der Waals surface area contributed by atoms with Crippen molar-refractivity contribution in [2.45, 2.75) is 51.3 Å². The lowest BCUT2D eigenvalue weighted by Crippen LogP contribution is -2.13. The Hall–Kier alpha value is -0.560. The fourth-order valence-electron chi connectivity index (χ4n) is 4.46. The first-order valence-corrected chi connectivity index (χ1v) is 7.89. The van der Waals surface area contributed by atoms with Crippen molar-refractivity contribution in [3.8, 4) is 0 Å². The topological polar surface area (TPSA) is 0 Å². The van der Waals surface area contributed by atoms with Crippen LogP contribution in [0.15, 0.2) is 12.1 Å². The third kappa shape index (κ3) is 2.54. The van der Waals surface area contributed by atoms with Crippen molar-refractivity contribution in [2.75, 3.05) is 0 Å². The van der Waals surface area contributed by atoms with E-state index in [1.165, 1.54) is 25.7 Å². The highest BCUT2D eigenvalue weighted by atomic mass is 35.5. The average molecular weight is 281 g/mol. The summed E-state index contributed by atoms with van der Waals surface area (Å²) in [5, 5.41) is 0.0462. The number of halogens is 2. The molecule has 2 aliphatic rings. The summed E-state index contributed by atoms with van der Waals surface area (Å²) in [4.78, 5) is 0. The van der Waals surface area contributed by atoms with Gasteiger partial charge in [0.05, 0.1) is 5.38 Å². The summed E-state index contributed by atoms with van der Waals surface area (Å²) in [6.45, 7) is 3.95. The molecule has 0 saturated heterocycles. The van der Waals surface area contributed by atoms with Crippen LogP contribution in [-0.2, 0) is 0 Å². The molecule has 2 fully saturated rings. The highest BCUT2D eigenvalue weighted by Crippen LogP contribution is 2.52. The molecule has 2 heteroatoms. The van der Waals surface area contributed by atoms with Gasteiger partial charge in [0.2, 0.25) is 0 Å². The van der Waals surface area contributed by atoms with E-state index >= 15 is 0 Å². The first-order valence-electron chi connectivity index (χ1n) is 7.45. The summed E-state index contributed by atoms with van der Waals surface area (Å²) in [6.07, 6.45) is 6.70. The molecule has 0 nitrogen and oxygen atoms in total. The van der Waals surface area contributed by atoms with Gasteiger partial charge in [0.1, 0.15) is 5.82 Å². The number of rotatable bonds is 3. The summed E-state index contributed by atoms with van der Waals surface area (Å²) in [7, 11) is 0. The Balaban J connectivity index is 1.75. The molecule has 0 aliphatic heterocycles.